The first-order valence-corrected chi connectivity index (χ1v) is 9.02. The normalized spacial score (nSPS) is 9.96. The smallest absolute Gasteiger partial charge is 0.276 e. The van der Waals surface area contributed by atoms with Crippen LogP contribution in [0, 0.1) is 20.8 Å². The summed E-state index contributed by atoms with van der Waals surface area (Å²) in [5.74, 6) is 0.346. The van der Waals surface area contributed by atoms with Gasteiger partial charge in [-0.1, -0.05) is 24.3 Å². The lowest BCUT2D eigenvalue weighted by Gasteiger charge is -2.13. The van der Waals surface area contributed by atoms with Gasteiger partial charge in [0, 0.05) is 0 Å². The fraction of sp³-hybridized carbons (Fsp3) is 0.250. The standard InChI is InChI=1S/C20H23N3O4S/c1-13-5-4-6-16(9-13)26-12-19(25)22-23-20(28)21-18(24)11-27-17-10-14(2)7-8-15(17)3/h4-10H,11-12H2,1-3H3,(H,22,25)(H2,21,23,24,28). The molecule has 0 atom stereocenters. The number of nitrogens with one attached hydrogen (secondary N) is 3. The van der Waals surface area contributed by atoms with Crippen LogP contribution in [0.15, 0.2) is 42.5 Å². The molecule has 0 aliphatic carbocycles. The highest BCUT2D eigenvalue weighted by Gasteiger charge is 2.09. The number of ether oxygens (including phenoxy) is 2. The Kier molecular flexibility index (Phi) is 7.76. The van der Waals surface area contributed by atoms with Crippen LogP contribution in [0.3, 0.4) is 0 Å². The number of amides is 2. The average Bonchev–Trinajstić information content (AvgIpc) is 2.65. The van der Waals surface area contributed by atoms with Gasteiger partial charge in [0.15, 0.2) is 18.3 Å². The third-order valence-corrected chi connectivity index (χ3v) is 3.83. The Bertz CT molecular complexity index is 870. The van der Waals surface area contributed by atoms with Crippen molar-refractivity contribution in [2.24, 2.45) is 0 Å². The van der Waals surface area contributed by atoms with E-state index < -0.39 is 11.8 Å². The van der Waals surface area contributed by atoms with Crippen molar-refractivity contribution in [2.45, 2.75) is 20.8 Å². The number of rotatable bonds is 6. The number of carbonyl (C=O) groups is 2. The van der Waals surface area contributed by atoms with Crippen LogP contribution in [0.4, 0.5) is 0 Å². The quantitative estimate of drug-likeness (QED) is 0.507. The first-order chi connectivity index (χ1) is 13.3. The largest absolute Gasteiger partial charge is 0.484 e. The molecule has 0 aliphatic rings. The predicted octanol–water partition coefficient (Wildman–Crippen LogP) is 2.09. The third kappa shape index (κ3) is 7.24. The van der Waals surface area contributed by atoms with Gasteiger partial charge < -0.3 is 9.47 Å². The van der Waals surface area contributed by atoms with Gasteiger partial charge in [-0.25, -0.2) is 0 Å². The van der Waals surface area contributed by atoms with Gasteiger partial charge in [-0.3, -0.25) is 25.8 Å². The zero-order chi connectivity index (χ0) is 20.5. The molecule has 0 saturated heterocycles. The second-order valence-corrected chi connectivity index (χ2v) is 6.62. The minimum absolute atomic E-state index is 0.0431. The van der Waals surface area contributed by atoms with E-state index in [0.717, 1.165) is 16.7 Å². The van der Waals surface area contributed by atoms with E-state index in [1.165, 1.54) is 0 Å². The van der Waals surface area contributed by atoms with Crippen molar-refractivity contribution in [1.29, 1.82) is 0 Å². The van der Waals surface area contributed by atoms with Crippen LogP contribution in [0.2, 0.25) is 0 Å². The molecule has 0 aliphatic heterocycles. The van der Waals surface area contributed by atoms with Gasteiger partial charge in [0.1, 0.15) is 11.5 Å². The summed E-state index contributed by atoms with van der Waals surface area (Å²) in [6, 6.07) is 13.1. The van der Waals surface area contributed by atoms with Gasteiger partial charge in [-0.15, -0.1) is 0 Å². The summed E-state index contributed by atoms with van der Waals surface area (Å²) < 4.78 is 10.9. The molecule has 28 heavy (non-hydrogen) atoms. The minimum atomic E-state index is -0.441. The lowest BCUT2D eigenvalue weighted by atomic mass is 10.1. The Morgan fingerprint density at radius 3 is 2.36 bits per heavy atom. The van der Waals surface area contributed by atoms with Gasteiger partial charge >= 0.3 is 0 Å². The van der Waals surface area contributed by atoms with Crippen molar-refractivity contribution in [3.63, 3.8) is 0 Å². The topological polar surface area (TPSA) is 88.7 Å². The number of benzene rings is 2. The summed E-state index contributed by atoms with van der Waals surface area (Å²) >= 11 is 4.97. The Labute approximate surface area is 169 Å². The summed E-state index contributed by atoms with van der Waals surface area (Å²) in [6.07, 6.45) is 0. The van der Waals surface area contributed by atoms with Gasteiger partial charge in [-0.05, 0) is 67.9 Å². The monoisotopic (exact) mass is 401 g/mol. The molecule has 0 saturated carbocycles. The number of hydrogen-bond acceptors (Lipinski definition) is 5. The number of carbonyl (C=O) groups excluding carboxylic acids is 2. The van der Waals surface area contributed by atoms with E-state index in [4.69, 9.17) is 21.7 Å². The van der Waals surface area contributed by atoms with Crippen LogP contribution in [0.5, 0.6) is 11.5 Å². The zero-order valence-electron chi connectivity index (χ0n) is 16.0. The molecule has 8 heteroatoms. The third-order valence-electron chi connectivity index (χ3n) is 3.63. The minimum Gasteiger partial charge on any atom is -0.484 e. The van der Waals surface area contributed by atoms with Gasteiger partial charge in [-0.2, -0.15) is 0 Å². The maximum Gasteiger partial charge on any atom is 0.276 e. The van der Waals surface area contributed by atoms with Crippen molar-refractivity contribution in [2.75, 3.05) is 13.2 Å². The van der Waals surface area contributed by atoms with Gasteiger partial charge in [0.25, 0.3) is 11.8 Å². The summed E-state index contributed by atoms with van der Waals surface area (Å²) in [5, 5.41) is 2.38. The molecule has 0 spiro atoms. The van der Waals surface area contributed by atoms with E-state index in [1.54, 1.807) is 6.07 Å². The second kappa shape index (κ2) is 10.3. The fourth-order valence-corrected chi connectivity index (χ4v) is 2.38. The Balaban J connectivity index is 1.67. The van der Waals surface area contributed by atoms with Crippen molar-refractivity contribution < 1.29 is 19.1 Å². The molecule has 3 N–H and O–H groups in total. The molecule has 0 aromatic heterocycles. The summed E-state index contributed by atoms with van der Waals surface area (Å²) in [5.41, 5.74) is 7.79. The first kappa shape index (κ1) is 21.2. The zero-order valence-corrected chi connectivity index (χ0v) is 16.8. The molecule has 2 aromatic carbocycles. The van der Waals surface area contributed by atoms with Crippen LogP contribution < -0.4 is 25.6 Å². The molecule has 0 bridgehead atoms. The maximum absolute atomic E-state index is 11.9. The highest BCUT2D eigenvalue weighted by Crippen LogP contribution is 2.18. The average molecular weight is 401 g/mol. The molecule has 7 nitrogen and oxygen atoms in total. The lowest BCUT2D eigenvalue weighted by molar-refractivity contribution is -0.124. The summed E-state index contributed by atoms with van der Waals surface area (Å²) in [7, 11) is 0. The molecular formula is C20H23N3O4S. The molecular weight excluding hydrogens is 378 g/mol. The highest BCUT2D eigenvalue weighted by molar-refractivity contribution is 7.80. The summed E-state index contributed by atoms with van der Waals surface area (Å²) in [6.45, 7) is 5.38. The highest BCUT2D eigenvalue weighted by atomic mass is 32.1. The van der Waals surface area contributed by atoms with Crippen molar-refractivity contribution in [3.05, 3.63) is 59.2 Å². The molecule has 2 rings (SSSR count). The Hall–Kier alpha value is -3.13. The number of hydrazine groups is 1. The first-order valence-electron chi connectivity index (χ1n) is 8.61. The van der Waals surface area contributed by atoms with E-state index in [0.29, 0.717) is 11.5 Å². The SMILES string of the molecule is Cc1cccc(OCC(=O)NNC(=S)NC(=O)COc2cc(C)ccc2C)c1. The van der Waals surface area contributed by atoms with E-state index >= 15 is 0 Å². The summed E-state index contributed by atoms with van der Waals surface area (Å²) in [4.78, 5) is 23.7. The van der Waals surface area contributed by atoms with Crippen molar-refractivity contribution in [3.8, 4) is 11.5 Å². The van der Waals surface area contributed by atoms with Crippen molar-refractivity contribution in [1.82, 2.24) is 16.2 Å². The Morgan fingerprint density at radius 2 is 1.61 bits per heavy atom. The number of aryl methyl sites for hydroxylation is 3. The number of hydrogen-bond donors (Lipinski definition) is 3. The molecule has 2 aromatic rings. The van der Waals surface area contributed by atoms with Crippen LogP contribution >= 0.6 is 12.2 Å². The van der Waals surface area contributed by atoms with Crippen LogP contribution in [0.25, 0.3) is 0 Å². The van der Waals surface area contributed by atoms with Gasteiger partial charge in [0.2, 0.25) is 0 Å². The Morgan fingerprint density at radius 1 is 0.893 bits per heavy atom. The van der Waals surface area contributed by atoms with E-state index in [2.05, 4.69) is 16.2 Å². The molecule has 2 amide bonds. The molecule has 148 valence electrons. The van der Waals surface area contributed by atoms with Crippen molar-refractivity contribution >= 4 is 29.1 Å². The maximum atomic E-state index is 11.9. The second-order valence-electron chi connectivity index (χ2n) is 6.21. The van der Waals surface area contributed by atoms with E-state index in [9.17, 15) is 9.59 Å². The predicted molar refractivity (Wildman–Crippen MR) is 110 cm³/mol. The van der Waals surface area contributed by atoms with E-state index in [1.807, 2.05) is 57.2 Å². The number of thiocarbonyl (C=S) groups is 1. The van der Waals surface area contributed by atoms with Crippen LogP contribution in [0.1, 0.15) is 16.7 Å². The molecule has 0 unspecified atom stereocenters. The molecule has 0 radical (unpaired) electrons. The lowest BCUT2D eigenvalue weighted by Crippen LogP contribution is -2.50. The molecule has 0 heterocycles. The molecule has 0 fully saturated rings. The van der Waals surface area contributed by atoms with Crippen LogP contribution in [-0.2, 0) is 9.59 Å². The van der Waals surface area contributed by atoms with E-state index in [-0.39, 0.29) is 18.3 Å². The van der Waals surface area contributed by atoms with Gasteiger partial charge in [0.05, 0.1) is 0 Å². The fourth-order valence-electron chi connectivity index (χ4n) is 2.22. The van der Waals surface area contributed by atoms with Crippen LogP contribution in [-0.4, -0.2) is 30.1 Å².